The van der Waals surface area contributed by atoms with Crippen molar-refractivity contribution in [3.63, 3.8) is 0 Å². The fourth-order valence-electron chi connectivity index (χ4n) is 4.02. The molecule has 0 saturated carbocycles. The van der Waals surface area contributed by atoms with Crippen molar-refractivity contribution in [2.45, 2.75) is 24.5 Å². The van der Waals surface area contributed by atoms with Crippen LogP contribution in [0.25, 0.3) is 10.9 Å². The van der Waals surface area contributed by atoms with Gasteiger partial charge in [0.15, 0.2) is 4.90 Å². The van der Waals surface area contributed by atoms with Gasteiger partial charge in [-0.05, 0) is 47.9 Å². The van der Waals surface area contributed by atoms with Crippen molar-refractivity contribution < 1.29 is 17.7 Å². The highest BCUT2D eigenvalue weighted by Crippen LogP contribution is 2.38. The van der Waals surface area contributed by atoms with Gasteiger partial charge in [-0.15, -0.1) is 0 Å². The number of nitrogens with zero attached hydrogens (tertiary/aromatic N) is 2. The van der Waals surface area contributed by atoms with E-state index in [0.717, 1.165) is 0 Å². The summed E-state index contributed by atoms with van der Waals surface area (Å²) in [6.07, 6.45) is -4.79. The fourth-order valence-corrected chi connectivity index (χ4v) is 5.39. The van der Waals surface area contributed by atoms with Crippen molar-refractivity contribution in [2.24, 2.45) is 0 Å². The third kappa shape index (κ3) is 5.38. The monoisotopic (exact) mass is 563 g/mol. The predicted octanol–water partition coefficient (Wildman–Crippen LogP) is 3.42. The van der Waals surface area contributed by atoms with Gasteiger partial charge < -0.3 is 14.9 Å². The lowest BCUT2D eigenvalue weighted by Crippen LogP contribution is -2.43. The van der Waals surface area contributed by atoms with Gasteiger partial charge in [-0.2, -0.15) is 17.8 Å². The summed E-state index contributed by atoms with van der Waals surface area (Å²) in [6, 6.07) is 5.05. The molecular formula is C22H22Cl2F3N5O3S. The molecule has 0 bridgehead atoms. The Bertz CT molecular complexity index is 1410. The van der Waals surface area contributed by atoms with E-state index in [4.69, 9.17) is 23.2 Å². The summed E-state index contributed by atoms with van der Waals surface area (Å²) in [4.78, 5) is 30.6. The van der Waals surface area contributed by atoms with E-state index in [1.165, 1.54) is 18.2 Å². The highest BCUT2D eigenvalue weighted by atomic mass is 35.5. The summed E-state index contributed by atoms with van der Waals surface area (Å²) in [5.74, 6) is 0.250. The first-order chi connectivity index (χ1) is 17.0. The largest absolute Gasteiger partial charge is 0.611 e. The summed E-state index contributed by atoms with van der Waals surface area (Å²) < 4.78 is 55.1. The molecular weight excluding hydrogens is 542 g/mol. The normalized spacial score (nSPS) is 15.9. The molecule has 194 valence electrons. The summed E-state index contributed by atoms with van der Waals surface area (Å²) in [5.41, 5.74) is -0.806. The third-order valence-electron chi connectivity index (χ3n) is 5.81. The van der Waals surface area contributed by atoms with Crippen molar-refractivity contribution in [3.8, 4) is 0 Å². The van der Waals surface area contributed by atoms with Gasteiger partial charge in [0.05, 0.1) is 21.5 Å². The maximum atomic E-state index is 14.1. The van der Waals surface area contributed by atoms with E-state index < -0.39 is 39.6 Å². The van der Waals surface area contributed by atoms with E-state index in [9.17, 15) is 27.3 Å². The van der Waals surface area contributed by atoms with Gasteiger partial charge in [0.1, 0.15) is 11.4 Å². The maximum Gasteiger partial charge on any atom is 0.416 e. The van der Waals surface area contributed by atoms with Crippen LogP contribution in [0.2, 0.25) is 10.0 Å². The Hall–Kier alpha value is -2.22. The van der Waals surface area contributed by atoms with Crippen LogP contribution in [0.3, 0.4) is 0 Å². The predicted molar refractivity (Wildman–Crippen MR) is 134 cm³/mol. The van der Waals surface area contributed by atoms with Crippen LogP contribution in [0.1, 0.15) is 18.1 Å². The summed E-state index contributed by atoms with van der Waals surface area (Å²) in [5, 5.41) is 2.60. The molecule has 8 nitrogen and oxygen atoms in total. The quantitative estimate of drug-likeness (QED) is 0.397. The molecule has 1 aliphatic rings. The highest BCUT2D eigenvalue weighted by molar-refractivity contribution is 7.91. The number of nitrogens with one attached hydrogen (secondary N) is 3. The van der Waals surface area contributed by atoms with Gasteiger partial charge in [-0.1, -0.05) is 23.2 Å². The molecule has 0 spiro atoms. The first kappa shape index (κ1) is 26.8. The molecule has 0 amide bonds. The Morgan fingerprint density at radius 1 is 1.17 bits per heavy atom. The van der Waals surface area contributed by atoms with Crippen LogP contribution >= 0.6 is 23.2 Å². The third-order valence-corrected chi connectivity index (χ3v) is 7.84. The van der Waals surface area contributed by atoms with Crippen LogP contribution in [0.5, 0.6) is 0 Å². The average Bonchev–Trinajstić information content (AvgIpc) is 2.83. The van der Waals surface area contributed by atoms with Gasteiger partial charge in [0.2, 0.25) is 0 Å². The number of alkyl halides is 3. The minimum Gasteiger partial charge on any atom is -0.611 e. The Morgan fingerprint density at radius 2 is 1.86 bits per heavy atom. The van der Waals surface area contributed by atoms with E-state index in [2.05, 4.69) is 15.7 Å². The van der Waals surface area contributed by atoms with Crippen molar-refractivity contribution in [2.75, 3.05) is 37.4 Å². The molecule has 36 heavy (non-hydrogen) atoms. The van der Waals surface area contributed by atoms with Gasteiger partial charge in [0.25, 0.3) is 5.56 Å². The van der Waals surface area contributed by atoms with E-state index in [1.54, 1.807) is 6.92 Å². The molecule has 1 aromatic heterocycles. The zero-order chi connectivity index (χ0) is 26.2. The van der Waals surface area contributed by atoms with Crippen molar-refractivity contribution >= 4 is 51.0 Å². The maximum absolute atomic E-state index is 14.1. The molecule has 2 heterocycles. The molecule has 1 aliphatic heterocycles. The number of benzene rings is 2. The molecule has 4 rings (SSSR count). The molecule has 1 saturated heterocycles. The van der Waals surface area contributed by atoms with E-state index >= 15 is 0 Å². The first-order valence-corrected chi connectivity index (χ1v) is 13.0. The number of aromatic nitrogens is 2. The minimum absolute atomic E-state index is 0.0939. The lowest BCUT2D eigenvalue weighted by atomic mass is 10.0. The summed E-state index contributed by atoms with van der Waals surface area (Å²) in [7, 11) is 0. The highest BCUT2D eigenvalue weighted by Gasteiger charge is 2.36. The number of H-pyrrole nitrogens is 1. The number of fused-ring (bicyclic) bond motifs is 1. The Labute approximate surface area is 216 Å². The molecule has 0 radical (unpaired) electrons. The number of halogens is 5. The second kappa shape index (κ2) is 10.6. The zero-order valence-corrected chi connectivity index (χ0v) is 21.3. The Kier molecular flexibility index (Phi) is 7.93. The zero-order valence-electron chi connectivity index (χ0n) is 19.0. The average molecular weight is 564 g/mol. The minimum atomic E-state index is -4.79. The molecule has 2 aromatic carbocycles. The number of hydrogen-bond acceptors (Lipinski definition) is 6. The number of rotatable bonds is 6. The summed E-state index contributed by atoms with van der Waals surface area (Å²) in [6.45, 7) is 3.87. The molecule has 1 atom stereocenters. The molecule has 3 N–H and O–H groups in total. The molecule has 1 fully saturated rings. The van der Waals surface area contributed by atoms with Crippen LogP contribution in [-0.4, -0.2) is 51.0 Å². The molecule has 3 aromatic rings. The van der Waals surface area contributed by atoms with E-state index in [1.807, 2.05) is 4.90 Å². The fraction of sp³-hybridized carbons (Fsp3) is 0.364. The van der Waals surface area contributed by atoms with Crippen molar-refractivity contribution in [3.05, 3.63) is 66.3 Å². The van der Waals surface area contributed by atoms with Crippen molar-refractivity contribution in [1.29, 1.82) is 0 Å². The van der Waals surface area contributed by atoms with Crippen LogP contribution in [0, 0.1) is 0 Å². The van der Waals surface area contributed by atoms with E-state index in [-0.39, 0.29) is 44.0 Å². The Morgan fingerprint density at radius 3 is 2.50 bits per heavy atom. The van der Waals surface area contributed by atoms with Crippen LogP contribution in [0.15, 0.2) is 38.8 Å². The Balaban J connectivity index is 1.88. The molecule has 1 unspecified atom stereocenters. The smallest absolute Gasteiger partial charge is 0.416 e. The van der Waals surface area contributed by atoms with E-state index in [0.29, 0.717) is 36.9 Å². The standard InChI is InChI=1S/C22H22Cl2F3N5O3S/c1-2-36(35)17-4-3-12(23)9-16(17)30-32-20(33)13-10-15(22(25,26)27)14(11-31-7-5-28-6-8-31)18(24)19(13)29-21(32)34/h3-4,9-10,28,30H,2,5-8,11H2,1H3,(H,29,34). The topological polar surface area (TPSA) is 105 Å². The first-order valence-electron chi connectivity index (χ1n) is 11.0. The van der Waals surface area contributed by atoms with Crippen LogP contribution in [0.4, 0.5) is 18.9 Å². The second-order valence-corrected chi connectivity index (χ2v) is 10.6. The molecule has 14 heteroatoms. The second-order valence-electron chi connectivity index (χ2n) is 8.12. The number of anilines is 1. The lowest BCUT2D eigenvalue weighted by molar-refractivity contribution is -0.138. The van der Waals surface area contributed by atoms with Crippen LogP contribution in [-0.2, 0) is 23.9 Å². The number of piperazine rings is 1. The van der Waals surface area contributed by atoms with Gasteiger partial charge >= 0.3 is 11.9 Å². The lowest BCUT2D eigenvalue weighted by Gasteiger charge is -2.29. The van der Waals surface area contributed by atoms with Gasteiger partial charge in [0, 0.05) is 37.7 Å². The van der Waals surface area contributed by atoms with Crippen LogP contribution < -0.4 is 22.0 Å². The van der Waals surface area contributed by atoms with Gasteiger partial charge in [-0.25, -0.2) is 4.79 Å². The van der Waals surface area contributed by atoms with Gasteiger partial charge in [-0.3, -0.25) is 15.1 Å². The van der Waals surface area contributed by atoms with Crippen molar-refractivity contribution in [1.82, 2.24) is 19.9 Å². The number of aromatic amines is 1. The SMILES string of the molecule is CC[S+]([O-])c1ccc(Cl)cc1Nn1c(=O)[nH]c2c(Cl)c(CN3CCNCC3)c(C(F)(F)F)cc2c1=O. The summed E-state index contributed by atoms with van der Waals surface area (Å²) >= 11 is 11.0. The molecule has 0 aliphatic carbocycles. The number of hydrogen-bond donors (Lipinski definition) is 3.